The minimum atomic E-state index is -0.278. The number of aryl methyl sites for hydroxylation is 1. The van der Waals surface area contributed by atoms with Gasteiger partial charge in [0.25, 0.3) is 0 Å². The highest BCUT2D eigenvalue weighted by atomic mass is 19.1. The SMILES string of the molecule is Cc1ccc(CC(=O)N2CCc3nc(-c4ccc(F)cc4)ncc3C2)cc1. The molecule has 1 aliphatic heterocycles. The Hall–Kier alpha value is -3.08. The van der Waals surface area contributed by atoms with Gasteiger partial charge in [0, 0.05) is 36.8 Å². The first-order valence-corrected chi connectivity index (χ1v) is 9.02. The summed E-state index contributed by atoms with van der Waals surface area (Å²) < 4.78 is 13.1. The average Bonchev–Trinajstić information content (AvgIpc) is 2.69. The van der Waals surface area contributed by atoms with Crippen molar-refractivity contribution in [2.75, 3.05) is 6.54 Å². The lowest BCUT2D eigenvalue weighted by molar-refractivity contribution is -0.131. The lowest BCUT2D eigenvalue weighted by Gasteiger charge is -2.28. The number of benzene rings is 2. The van der Waals surface area contributed by atoms with Gasteiger partial charge in [-0.15, -0.1) is 0 Å². The van der Waals surface area contributed by atoms with Crippen molar-refractivity contribution in [2.45, 2.75) is 26.3 Å². The molecule has 4 nitrogen and oxygen atoms in total. The predicted molar refractivity (Wildman–Crippen MR) is 101 cm³/mol. The first-order chi connectivity index (χ1) is 13.1. The summed E-state index contributed by atoms with van der Waals surface area (Å²) in [6.07, 6.45) is 2.89. The van der Waals surface area contributed by atoms with Crippen molar-refractivity contribution in [1.29, 1.82) is 0 Å². The second kappa shape index (κ2) is 7.27. The highest BCUT2D eigenvalue weighted by Gasteiger charge is 2.22. The molecule has 0 radical (unpaired) electrons. The maximum absolute atomic E-state index is 13.1. The molecule has 0 unspecified atom stereocenters. The summed E-state index contributed by atoms with van der Waals surface area (Å²) in [5.74, 6) is 0.430. The second-order valence-corrected chi connectivity index (χ2v) is 6.90. The molecule has 1 aromatic heterocycles. The summed E-state index contributed by atoms with van der Waals surface area (Å²) in [6.45, 7) is 3.22. The number of halogens is 1. The van der Waals surface area contributed by atoms with Gasteiger partial charge >= 0.3 is 0 Å². The van der Waals surface area contributed by atoms with E-state index in [1.54, 1.807) is 18.3 Å². The number of amides is 1. The Morgan fingerprint density at radius 3 is 2.59 bits per heavy atom. The van der Waals surface area contributed by atoms with Crippen LogP contribution in [0, 0.1) is 12.7 Å². The third kappa shape index (κ3) is 3.87. The molecule has 5 heteroatoms. The number of hydrogen-bond acceptors (Lipinski definition) is 3. The third-order valence-electron chi connectivity index (χ3n) is 4.87. The minimum absolute atomic E-state index is 0.118. The lowest BCUT2D eigenvalue weighted by Crippen LogP contribution is -2.37. The van der Waals surface area contributed by atoms with Crippen molar-refractivity contribution < 1.29 is 9.18 Å². The van der Waals surface area contributed by atoms with Gasteiger partial charge in [-0.05, 0) is 36.8 Å². The zero-order valence-corrected chi connectivity index (χ0v) is 15.2. The molecule has 0 spiro atoms. The lowest BCUT2D eigenvalue weighted by atomic mass is 10.0. The highest BCUT2D eigenvalue weighted by molar-refractivity contribution is 5.79. The number of nitrogens with zero attached hydrogens (tertiary/aromatic N) is 3. The van der Waals surface area contributed by atoms with Crippen LogP contribution < -0.4 is 0 Å². The van der Waals surface area contributed by atoms with Crippen molar-refractivity contribution in [3.8, 4) is 11.4 Å². The number of hydrogen-bond donors (Lipinski definition) is 0. The zero-order chi connectivity index (χ0) is 18.8. The average molecular weight is 361 g/mol. The largest absolute Gasteiger partial charge is 0.338 e. The first-order valence-electron chi connectivity index (χ1n) is 9.02. The van der Waals surface area contributed by atoms with E-state index in [0.717, 1.165) is 22.4 Å². The smallest absolute Gasteiger partial charge is 0.227 e. The molecule has 136 valence electrons. The van der Waals surface area contributed by atoms with E-state index < -0.39 is 0 Å². The molecule has 0 atom stereocenters. The summed E-state index contributed by atoms with van der Waals surface area (Å²) in [7, 11) is 0. The van der Waals surface area contributed by atoms with Gasteiger partial charge in [0.1, 0.15) is 5.82 Å². The molecule has 27 heavy (non-hydrogen) atoms. The number of fused-ring (bicyclic) bond motifs is 1. The quantitative estimate of drug-likeness (QED) is 0.714. The molecule has 0 bridgehead atoms. The van der Waals surface area contributed by atoms with E-state index >= 15 is 0 Å². The van der Waals surface area contributed by atoms with Crippen LogP contribution in [-0.2, 0) is 24.2 Å². The molecule has 3 aromatic rings. The zero-order valence-electron chi connectivity index (χ0n) is 15.2. The van der Waals surface area contributed by atoms with Crippen LogP contribution in [0.25, 0.3) is 11.4 Å². The van der Waals surface area contributed by atoms with Crippen LogP contribution in [0.2, 0.25) is 0 Å². The molecule has 2 heterocycles. The second-order valence-electron chi connectivity index (χ2n) is 6.90. The molecule has 1 amide bonds. The third-order valence-corrected chi connectivity index (χ3v) is 4.87. The van der Waals surface area contributed by atoms with E-state index in [9.17, 15) is 9.18 Å². The van der Waals surface area contributed by atoms with Crippen LogP contribution in [0.5, 0.6) is 0 Å². The van der Waals surface area contributed by atoms with Crippen molar-refractivity contribution in [3.05, 3.63) is 82.9 Å². The molecule has 0 saturated heterocycles. The van der Waals surface area contributed by atoms with Crippen molar-refractivity contribution >= 4 is 5.91 Å². The molecule has 0 saturated carbocycles. The number of carbonyl (C=O) groups excluding carboxylic acids is 1. The van der Waals surface area contributed by atoms with Crippen LogP contribution in [0.1, 0.15) is 22.4 Å². The number of aromatic nitrogens is 2. The van der Waals surface area contributed by atoms with E-state index in [1.165, 1.54) is 17.7 Å². The number of carbonyl (C=O) groups is 1. The van der Waals surface area contributed by atoms with Gasteiger partial charge < -0.3 is 4.90 Å². The Morgan fingerprint density at radius 1 is 1.11 bits per heavy atom. The molecular weight excluding hydrogens is 341 g/mol. The summed E-state index contributed by atoms with van der Waals surface area (Å²) in [4.78, 5) is 23.5. The summed E-state index contributed by atoms with van der Waals surface area (Å²) in [5.41, 5.74) is 4.94. The van der Waals surface area contributed by atoms with Gasteiger partial charge in [0.2, 0.25) is 5.91 Å². The highest BCUT2D eigenvalue weighted by Crippen LogP contribution is 2.22. The Bertz CT molecular complexity index is 968. The molecule has 2 aromatic carbocycles. The minimum Gasteiger partial charge on any atom is -0.338 e. The fourth-order valence-corrected chi connectivity index (χ4v) is 3.26. The van der Waals surface area contributed by atoms with Gasteiger partial charge in [-0.25, -0.2) is 14.4 Å². The standard InChI is InChI=1S/C22H20FN3O/c1-15-2-4-16(5-3-15)12-21(27)26-11-10-20-18(14-26)13-24-22(25-20)17-6-8-19(23)9-7-17/h2-9,13H,10-12,14H2,1H3. The summed E-state index contributed by atoms with van der Waals surface area (Å²) >= 11 is 0. The predicted octanol–water partition coefficient (Wildman–Crippen LogP) is 3.72. The van der Waals surface area contributed by atoms with E-state index in [2.05, 4.69) is 9.97 Å². The maximum Gasteiger partial charge on any atom is 0.227 e. The van der Waals surface area contributed by atoms with Crippen molar-refractivity contribution in [3.63, 3.8) is 0 Å². The van der Waals surface area contributed by atoms with Crippen LogP contribution in [0.4, 0.5) is 4.39 Å². The van der Waals surface area contributed by atoms with Gasteiger partial charge in [-0.3, -0.25) is 4.79 Å². The topological polar surface area (TPSA) is 46.1 Å². The Labute approximate surface area is 157 Å². The molecule has 0 N–H and O–H groups in total. The Morgan fingerprint density at radius 2 is 1.85 bits per heavy atom. The van der Waals surface area contributed by atoms with Gasteiger partial charge in [-0.1, -0.05) is 29.8 Å². The van der Waals surface area contributed by atoms with Crippen LogP contribution in [-0.4, -0.2) is 27.3 Å². The first kappa shape index (κ1) is 17.3. The van der Waals surface area contributed by atoms with Gasteiger partial charge in [0.05, 0.1) is 12.1 Å². The molecular formula is C22H20FN3O. The Balaban J connectivity index is 1.47. The van der Waals surface area contributed by atoms with E-state index in [0.29, 0.717) is 31.8 Å². The molecule has 0 fully saturated rings. The molecule has 0 aliphatic carbocycles. The number of rotatable bonds is 3. The summed E-state index contributed by atoms with van der Waals surface area (Å²) in [5, 5.41) is 0. The van der Waals surface area contributed by atoms with Gasteiger partial charge in [0.15, 0.2) is 5.82 Å². The maximum atomic E-state index is 13.1. The molecule has 4 rings (SSSR count). The van der Waals surface area contributed by atoms with Crippen LogP contribution in [0.15, 0.2) is 54.7 Å². The van der Waals surface area contributed by atoms with E-state index in [1.807, 2.05) is 36.1 Å². The van der Waals surface area contributed by atoms with E-state index in [4.69, 9.17) is 0 Å². The summed E-state index contributed by atoms with van der Waals surface area (Å²) in [6, 6.07) is 14.2. The van der Waals surface area contributed by atoms with E-state index in [-0.39, 0.29) is 11.7 Å². The fraction of sp³-hybridized carbons (Fsp3) is 0.227. The fourth-order valence-electron chi connectivity index (χ4n) is 3.26. The van der Waals surface area contributed by atoms with Crippen molar-refractivity contribution in [2.24, 2.45) is 0 Å². The molecule has 1 aliphatic rings. The van der Waals surface area contributed by atoms with Crippen molar-refractivity contribution in [1.82, 2.24) is 14.9 Å². The Kier molecular flexibility index (Phi) is 4.67. The van der Waals surface area contributed by atoms with Crippen LogP contribution in [0.3, 0.4) is 0 Å². The monoisotopic (exact) mass is 361 g/mol. The van der Waals surface area contributed by atoms with Crippen LogP contribution >= 0.6 is 0 Å². The normalized spacial score (nSPS) is 13.3. The van der Waals surface area contributed by atoms with Gasteiger partial charge in [-0.2, -0.15) is 0 Å².